The van der Waals surface area contributed by atoms with Crippen LogP contribution in [0.25, 0.3) is 10.2 Å². The van der Waals surface area contributed by atoms with Crippen LogP contribution >= 0.6 is 11.3 Å². The van der Waals surface area contributed by atoms with Crippen LogP contribution in [0.1, 0.15) is 36.6 Å². The molecule has 2 N–H and O–H groups in total. The zero-order chi connectivity index (χ0) is 13.5. The molecule has 2 heterocycles. The standard InChI is InChI=1S/C15H17N3OS/c19-14(12-2-1-7-16-12)17-10-5-6-11-13(8-10)20-15(18-11)9-3-4-9/h5-6,8-9,12,16H,1-4,7H2,(H,17,19). The molecule has 5 heteroatoms. The first-order valence-electron chi connectivity index (χ1n) is 7.24. The predicted octanol–water partition coefficient (Wildman–Crippen LogP) is 2.86. The molecule has 1 aromatic heterocycles. The van der Waals surface area contributed by atoms with Gasteiger partial charge in [-0.1, -0.05) is 0 Å². The molecule has 4 nitrogen and oxygen atoms in total. The molecule has 1 saturated heterocycles. The Morgan fingerprint density at radius 3 is 3.00 bits per heavy atom. The predicted molar refractivity (Wildman–Crippen MR) is 81.2 cm³/mol. The van der Waals surface area contributed by atoms with Crippen molar-refractivity contribution in [3.8, 4) is 0 Å². The summed E-state index contributed by atoms with van der Waals surface area (Å²) in [4.78, 5) is 16.8. The van der Waals surface area contributed by atoms with Gasteiger partial charge in [0.2, 0.25) is 5.91 Å². The van der Waals surface area contributed by atoms with E-state index < -0.39 is 0 Å². The summed E-state index contributed by atoms with van der Waals surface area (Å²) >= 11 is 1.76. The SMILES string of the molecule is O=C(Nc1ccc2nc(C3CC3)sc2c1)C1CCCN1. The van der Waals surface area contributed by atoms with Gasteiger partial charge in [0, 0.05) is 11.6 Å². The third-order valence-corrected chi connectivity index (χ3v) is 5.16. The summed E-state index contributed by atoms with van der Waals surface area (Å²) < 4.78 is 1.17. The van der Waals surface area contributed by atoms with Gasteiger partial charge in [-0.15, -0.1) is 11.3 Å². The van der Waals surface area contributed by atoms with Crippen LogP contribution in [0, 0.1) is 0 Å². The normalized spacial score (nSPS) is 22.3. The number of nitrogens with zero attached hydrogens (tertiary/aromatic N) is 1. The summed E-state index contributed by atoms with van der Waals surface area (Å²) in [5.41, 5.74) is 1.93. The number of aromatic nitrogens is 1. The number of thiazole rings is 1. The molecular formula is C15H17N3OS. The molecule has 2 fully saturated rings. The zero-order valence-corrected chi connectivity index (χ0v) is 12.0. The van der Waals surface area contributed by atoms with Gasteiger partial charge in [0.15, 0.2) is 0 Å². The highest BCUT2D eigenvalue weighted by atomic mass is 32.1. The topological polar surface area (TPSA) is 54.0 Å². The Morgan fingerprint density at radius 1 is 1.35 bits per heavy atom. The number of nitrogens with one attached hydrogen (secondary N) is 2. The maximum absolute atomic E-state index is 12.1. The number of carbonyl (C=O) groups is 1. The number of hydrogen-bond donors (Lipinski definition) is 2. The molecule has 0 bridgehead atoms. The van der Waals surface area contributed by atoms with Crippen LogP contribution in [0.5, 0.6) is 0 Å². The van der Waals surface area contributed by atoms with Crippen molar-refractivity contribution in [1.29, 1.82) is 0 Å². The van der Waals surface area contributed by atoms with E-state index in [9.17, 15) is 4.79 Å². The molecule has 1 atom stereocenters. The van der Waals surface area contributed by atoms with Gasteiger partial charge in [-0.2, -0.15) is 0 Å². The van der Waals surface area contributed by atoms with E-state index in [1.807, 2.05) is 18.2 Å². The fraction of sp³-hybridized carbons (Fsp3) is 0.467. The average Bonchev–Trinajstić information content (AvgIpc) is 3.00. The summed E-state index contributed by atoms with van der Waals surface area (Å²) in [6, 6.07) is 5.97. The Balaban J connectivity index is 1.55. The summed E-state index contributed by atoms with van der Waals surface area (Å²) in [6.45, 7) is 0.941. The minimum Gasteiger partial charge on any atom is -0.325 e. The van der Waals surface area contributed by atoms with Gasteiger partial charge in [-0.3, -0.25) is 4.79 Å². The third kappa shape index (κ3) is 2.31. The van der Waals surface area contributed by atoms with Crippen molar-refractivity contribution in [2.45, 2.75) is 37.6 Å². The largest absolute Gasteiger partial charge is 0.325 e. The van der Waals surface area contributed by atoms with Crippen molar-refractivity contribution in [3.63, 3.8) is 0 Å². The highest BCUT2D eigenvalue weighted by Gasteiger charge is 2.27. The molecular weight excluding hydrogens is 270 g/mol. The Labute approximate surface area is 121 Å². The Bertz CT molecular complexity index is 656. The first kappa shape index (κ1) is 12.3. The van der Waals surface area contributed by atoms with Crippen molar-refractivity contribution in [3.05, 3.63) is 23.2 Å². The molecule has 1 amide bonds. The summed E-state index contributed by atoms with van der Waals surface area (Å²) in [7, 11) is 0. The first-order valence-corrected chi connectivity index (χ1v) is 8.06. The number of rotatable bonds is 3. The number of hydrogen-bond acceptors (Lipinski definition) is 4. The molecule has 1 aliphatic heterocycles. The second kappa shape index (κ2) is 4.82. The number of carbonyl (C=O) groups excluding carboxylic acids is 1. The molecule has 20 heavy (non-hydrogen) atoms. The molecule has 1 saturated carbocycles. The van der Waals surface area contributed by atoms with Crippen molar-refractivity contribution >= 4 is 33.1 Å². The van der Waals surface area contributed by atoms with Gasteiger partial charge >= 0.3 is 0 Å². The quantitative estimate of drug-likeness (QED) is 0.912. The molecule has 0 spiro atoms. The summed E-state index contributed by atoms with van der Waals surface area (Å²) in [5, 5.41) is 7.48. The molecule has 1 unspecified atom stereocenters. The summed E-state index contributed by atoms with van der Waals surface area (Å²) in [5.74, 6) is 0.766. The van der Waals surface area contributed by atoms with Crippen LogP contribution in [-0.4, -0.2) is 23.5 Å². The van der Waals surface area contributed by atoms with Crippen molar-refractivity contribution in [2.75, 3.05) is 11.9 Å². The van der Waals surface area contributed by atoms with Gasteiger partial charge in [-0.25, -0.2) is 4.98 Å². The van der Waals surface area contributed by atoms with Crippen LogP contribution in [0.15, 0.2) is 18.2 Å². The Kier molecular flexibility index (Phi) is 2.97. The molecule has 2 aliphatic rings. The van der Waals surface area contributed by atoms with E-state index in [0.29, 0.717) is 5.92 Å². The van der Waals surface area contributed by atoms with Crippen LogP contribution in [-0.2, 0) is 4.79 Å². The van der Waals surface area contributed by atoms with Gasteiger partial charge in [-0.05, 0) is 50.4 Å². The van der Waals surface area contributed by atoms with E-state index in [4.69, 9.17) is 0 Å². The van der Waals surface area contributed by atoms with Gasteiger partial charge in [0.05, 0.1) is 21.3 Å². The zero-order valence-electron chi connectivity index (χ0n) is 11.2. The van der Waals surface area contributed by atoms with E-state index >= 15 is 0 Å². The summed E-state index contributed by atoms with van der Waals surface area (Å²) in [6.07, 6.45) is 4.56. The van der Waals surface area contributed by atoms with Gasteiger partial charge in [0.1, 0.15) is 0 Å². The Morgan fingerprint density at radius 2 is 2.25 bits per heavy atom. The van der Waals surface area contributed by atoms with Gasteiger partial charge < -0.3 is 10.6 Å². The first-order chi connectivity index (χ1) is 9.79. The Hall–Kier alpha value is -1.46. The molecule has 2 aromatic rings. The monoisotopic (exact) mass is 287 g/mol. The van der Waals surface area contributed by atoms with Gasteiger partial charge in [0.25, 0.3) is 0 Å². The molecule has 1 aromatic carbocycles. The van der Waals surface area contributed by atoms with Crippen molar-refractivity contribution in [1.82, 2.24) is 10.3 Å². The minimum atomic E-state index is -0.0332. The lowest BCUT2D eigenvalue weighted by Crippen LogP contribution is -2.35. The average molecular weight is 287 g/mol. The fourth-order valence-corrected chi connectivity index (χ4v) is 3.84. The lowest BCUT2D eigenvalue weighted by molar-refractivity contribution is -0.117. The lowest BCUT2D eigenvalue weighted by atomic mass is 10.2. The van der Waals surface area contributed by atoms with Crippen molar-refractivity contribution < 1.29 is 4.79 Å². The smallest absolute Gasteiger partial charge is 0.241 e. The van der Waals surface area contributed by atoms with Crippen molar-refractivity contribution in [2.24, 2.45) is 0 Å². The second-order valence-electron chi connectivity index (χ2n) is 5.65. The number of fused-ring (bicyclic) bond motifs is 1. The lowest BCUT2D eigenvalue weighted by Gasteiger charge is -2.10. The van der Waals surface area contributed by atoms with Crippen LogP contribution in [0.3, 0.4) is 0 Å². The highest BCUT2D eigenvalue weighted by Crippen LogP contribution is 2.43. The molecule has 1 aliphatic carbocycles. The van der Waals surface area contributed by atoms with Crippen LogP contribution in [0.4, 0.5) is 5.69 Å². The van der Waals surface area contributed by atoms with Crippen LogP contribution in [0.2, 0.25) is 0 Å². The minimum absolute atomic E-state index is 0.0332. The molecule has 104 valence electrons. The fourth-order valence-electron chi connectivity index (χ4n) is 2.66. The maximum atomic E-state index is 12.1. The number of anilines is 1. The van der Waals surface area contributed by atoms with E-state index in [0.717, 1.165) is 30.6 Å². The number of amides is 1. The van der Waals surface area contributed by atoms with E-state index in [1.165, 1.54) is 22.5 Å². The molecule has 0 radical (unpaired) electrons. The van der Waals surface area contributed by atoms with E-state index in [2.05, 4.69) is 15.6 Å². The van der Waals surface area contributed by atoms with E-state index in [1.54, 1.807) is 11.3 Å². The molecule has 4 rings (SSSR count). The van der Waals surface area contributed by atoms with Crippen LogP contribution < -0.4 is 10.6 Å². The second-order valence-corrected chi connectivity index (χ2v) is 6.71. The van der Waals surface area contributed by atoms with E-state index in [-0.39, 0.29) is 11.9 Å². The number of benzene rings is 1. The maximum Gasteiger partial charge on any atom is 0.241 e. The third-order valence-electron chi connectivity index (χ3n) is 3.98. The highest BCUT2D eigenvalue weighted by molar-refractivity contribution is 7.18.